The zero-order valence-electron chi connectivity index (χ0n) is 14.5. The number of piperazine rings is 1. The molecule has 0 aliphatic carbocycles. The number of carbonyl (C=O) groups is 1. The van der Waals surface area contributed by atoms with Crippen LogP contribution in [-0.2, 0) is 0 Å². The third-order valence-corrected chi connectivity index (χ3v) is 4.97. The van der Waals surface area contributed by atoms with Gasteiger partial charge in [-0.05, 0) is 24.3 Å². The van der Waals surface area contributed by atoms with Crippen molar-refractivity contribution in [3.63, 3.8) is 0 Å². The molecule has 0 aromatic heterocycles. The number of amides is 2. The molecule has 0 bridgehead atoms. The maximum atomic E-state index is 12.4. The highest BCUT2D eigenvalue weighted by Crippen LogP contribution is 2.33. The summed E-state index contributed by atoms with van der Waals surface area (Å²) in [6, 6.07) is 10.1. The fourth-order valence-electron chi connectivity index (χ4n) is 2.86. The second kappa shape index (κ2) is 8.36. The number of hydrogen-bond donors (Lipinski definition) is 1. The minimum absolute atomic E-state index is 0.215. The predicted octanol–water partition coefficient (Wildman–Crippen LogP) is 5.25. The van der Waals surface area contributed by atoms with E-state index >= 15 is 0 Å². The second-order valence-electron chi connectivity index (χ2n) is 6.05. The Bertz CT molecular complexity index is 856. The second-order valence-corrected chi connectivity index (χ2v) is 6.84. The van der Waals surface area contributed by atoms with E-state index in [-0.39, 0.29) is 5.69 Å². The van der Waals surface area contributed by atoms with E-state index in [0.717, 1.165) is 17.8 Å². The molecule has 0 saturated carbocycles. The molecule has 1 N–H and O–H groups in total. The number of hydrogen-bond acceptors (Lipinski definition) is 3. The van der Waals surface area contributed by atoms with Crippen LogP contribution in [-0.4, -0.2) is 43.5 Å². The fourth-order valence-corrected chi connectivity index (χ4v) is 3.28. The van der Waals surface area contributed by atoms with E-state index in [2.05, 4.69) is 10.1 Å². The minimum atomic E-state index is -4.79. The molecule has 0 atom stereocenters. The summed E-state index contributed by atoms with van der Waals surface area (Å²) >= 11 is 12.3. The first-order valence-corrected chi connectivity index (χ1v) is 9.09. The number of rotatable bonds is 3. The predicted molar refractivity (Wildman–Crippen MR) is 102 cm³/mol. The van der Waals surface area contributed by atoms with E-state index in [0.29, 0.717) is 36.2 Å². The maximum absolute atomic E-state index is 12.4. The van der Waals surface area contributed by atoms with Crippen LogP contribution in [0.3, 0.4) is 0 Å². The Morgan fingerprint density at radius 1 is 1.04 bits per heavy atom. The fraction of sp³-hybridized carbons (Fsp3) is 0.278. The summed E-state index contributed by atoms with van der Waals surface area (Å²) in [4.78, 5) is 16.0. The molecular formula is C18H16Cl2F3N3O2. The molecule has 28 heavy (non-hydrogen) atoms. The third-order valence-electron chi connectivity index (χ3n) is 4.16. The SMILES string of the molecule is O=C(Nc1cccc(OC(F)(F)F)c1)N1CCN(c2cccc(Cl)c2Cl)CC1. The van der Waals surface area contributed by atoms with Crippen LogP contribution in [0.4, 0.5) is 29.3 Å². The van der Waals surface area contributed by atoms with Gasteiger partial charge in [-0.1, -0.05) is 35.3 Å². The van der Waals surface area contributed by atoms with Gasteiger partial charge in [0.05, 0.1) is 15.7 Å². The van der Waals surface area contributed by atoms with Crippen molar-refractivity contribution in [2.24, 2.45) is 0 Å². The Labute approximate surface area is 169 Å². The van der Waals surface area contributed by atoms with Crippen LogP contribution in [0.25, 0.3) is 0 Å². The van der Waals surface area contributed by atoms with Crippen LogP contribution < -0.4 is 15.0 Å². The highest BCUT2D eigenvalue weighted by molar-refractivity contribution is 6.43. The summed E-state index contributed by atoms with van der Waals surface area (Å²) in [7, 11) is 0. The van der Waals surface area contributed by atoms with Crippen molar-refractivity contribution in [1.29, 1.82) is 0 Å². The van der Waals surface area contributed by atoms with Gasteiger partial charge in [-0.15, -0.1) is 13.2 Å². The number of alkyl halides is 3. The summed E-state index contributed by atoms with van der Waals surface area (Å²) in [6.45, 7) is 1.94. The lowest BCUT2D eigenvalue weighted by atomic mass is 10.2. The highest BCUT2D eigenvalue weighted by atomic mass is 35.5. The highest BCUT2D eigenvalue weighted by Gasteiger charge is 2.31. The minimum Gasteiger partial charge on any atom is -0.406 e. The number of anilines is 2. The molecule has 5 nitrogen and oxygen atoms in total. The van der Waals surface area contributed by atoms with E-state index in [1.807, 2.05) is 11.0 Å². The van der Waals surface area contributed by atoms with Gasteiger partial charge in [-0.25, -0.2) is 4.79 Å². The summed E-state index contributed by atoms with van der Waals surface area (Å²) in [6.07, 6.45) is -4.79. The van der Waals surface area contributed by atoms with E-state index in [9.17, 15) is 18.0 Å². The molecule has 0 radical (unpaired) electrons. The molecule has 2 aromatic rings. The summed E-state index contributed by atoms with van der Waals surface area (Å²) in [5.74, 6) is -0.397. The molecular weight excluding hydrogens is 418 g/mol. The standard InChI is InChI=1S/C18H16Cl2F3N3O2/c19-14-5-2-6-15(16(14)20)25-7-9-26(10-8-25)17(27)24-12-3-1-4-13(11-12)28-18(21,22)23/h1-6,11H,7-10H2,(H,24,27). The molecule has 1 aliphatic heterocycles. The Kier molecular flexibility index (Phi) is 6.10. The lowest BCUT2D eigenvalue weighted by Crippen LogP contribution is -2.50. The van der Waals surface area contributed by atoms with Crippen molar-refractivity contribution >= 4 is 40.6 Å². The average molecular weight is 434 g/mol. The third kappa shape index (κ3) is 5.14. The van der Waals surface area contributed by atoms with E-state index in [4.69, 9.17) is 23.2 Å². The van der Waals surface area contributed by atoms with Gasteiger partial charge in [-0.2, -0.15) is 0 Å². The largest absolute Gasteiger partial charge is 0.573 e. The van der Waals surface area contributed by atoms with Crippen LogP contribution in [0, 0.1) is 0 Å². The topological polar surface area (TPSA) is 44.8 Å². The number of halogens is 5. The van der Waals surface area contributed by atoms with Crippen LogP contribution in [0.2, 0.25) is 10.0 Å². The summed E-state index contributed by atoms with van der Waals surface area (Å²) < 4.78 is 40.8. The molecule has 1 aliphatic rings. The van der Waals surface area contributed by atoms with Crippen molar-refractivity contribution in [2.45, 2.75) is 6.36 Å². The molecule has 150 valence electrons. The maximum Gasteiger partial charge on any atom is 0.573 e. The smallest absolute Gasteiger partial charge is 0.406 e. The van der Waals surface area contributed by atoms with E-state index in [1.54, 1.807) is 17.0 Å². The molecule has 10 heteroatoms. The van der Waals surface area contributed by atoms with Crippen LogP contribution in [0.5, 0.6) is 5.75 Å². The Hall–Kier alpha value is -2.32. The van der Waals surface area contributed by atoms with E-state index < -0.39 is 18.1 Å². The van der Waals surface area contributed by atoms with Crippen LogP contribution in [0.1, 0.15) is 0 Å². The Balaban J connectivity index is 1.58. The zero-order chi connectivity index (χ0) is 20.3. The van der Waals surface area contributed by atoms with Gasteiger partial charge in [0.2, 0.25) is 0 Å². The Morgan fingerprint density at radius 2 is 1.71 bits per heavy atom. The molecule has 0 unspecified atom stereocenters. The van der Waals surface area contributed by atoms with Gasteiger partial charge >= 0.3 is 12.4 Å². The van der Waals surface area contributed by atoms with Gasteiger partial charge in [0, 0.05) is 37.9 Å². The van der Waals surface area contributed by atoms with Gasteiger partial charge in [-0.3, -0.25) is 0 Å². The molecule has 1 saturated heterocycles. The van der Waals surface area contributed by atoms with Crippen molar-refractivity contribution in [3.8, 4) is 5.75 Å². The monoisotopic (exact) mass is 433 g/mol. The molecule has 1 heterocycles. The van der Waals surface area contributed by atoms with Gasteiger partial charge in [0.1, 0.15) is 5.75 Å². The normalized spacial score (nSPS) is 14.8. The van der Waals surface area contributed by atoms with Gasteiger partial charge < -0.3 is 19.9 Å². The quantitative estimate of drug-likeness (QED) is 0.718. The van der Waals surface area contributed by atoms with Crippen molar-refractivity contribution in [3.05, 3.63) is 52.5 Å². The molecule has 2 aromatic carbocycles. The summed E-state index contributed by atoms with van der Waals surface area (Å²) in [5, 5.41) is 3.51. The van der Waals surface area contributed by atoms with Gasteiger partial charge in [0.15, 0.2) is 0 Å². The molecule has 3 rings (SSSR count). The lowest BCUT2D eigenvalue weighted by Gasteiger charge is -2.36. The molecule has 1 fully saturated rings. The number of benzene rings is 2. The van der Waals surface area contributed by atoms with Crippen LogP contribution in [0.15, 0.2) is 42.5 Å². The number of nitrogens with one attached hydrogen (secondary N) is 1. The summed E-state index contributed by atoms with van der Waals surface area (Å²) in [5.41, 5.74) is 1.01. The van der Waals surface area contributed by atoms with Crippen molar-refractivity contribution in [2.75, 3.05) is 36.4 Å². The number of ether oxygens (including phenoxy) is 1. The van der Waals surface area contributed by atoms with Crippen LogP contribution >= 0.6 is 23.2 Å². The number of nitrogens with zero attached hydrogens (tertiary/aromatic N) is 2. The van der Waals surface area contributed by atoms with E-state index in [1.165, 1.54) is 12.1 Å². The Morgan fingerprint density at radius 3 is 2.39 bits per heavy atom. The van der Waals surface area contributed by atoms with Crippen molar-refractivity contribution < 1.29 is 22.7 Å². The first kappa shape index (κ1) is 20.4. The first-order chi connectivity index (χ1) is 13.2. The molecule has 0 spiro atoms. The lowest BCUT2D eigenvalue weighted by molar-refractivity contribution is -0.274. The zero-order valence-corrected chi connectivity index (χ0v) is 16.0. The van der Waals surface area contributed by atoms with Crippen molar-refractivity contribution in [1.82, 2.24) is 4.90 Å². The first-order valence-electron chi connectivity index (χ1n) is 8.33. The number of carbonyl (C=O) groups excluding carboxylic acids is 1. The molecule has 2 amide bonds. The number of urea groups is 1. The average Bonchev–Trinajstić information content (AvgIpc) is 2.63. The van der Waals surface area contributed by atoms with Gasteiger partial charge in [0.25, 0.3) is 0 Å².